The standard InChI is InChI=1S/C13H15BrO4/c14-8-4-5-9(15)11(16)10(8)13(12(17)18)6-2-1-3-7-13/h4-5,15-16H,1-3,6-7H2,(H,17,18). The lowest BCUT2D eigenvalue weighted by Gasteiger charge is -2.34. The molecule has 0 bridgehead atoms. The molecule has 1 aromatic rings. The Labute approximate surface area is 113 Å². The molecule has 1 aliphatic carbocycles. The van der Waals surface area contributed by atoms with E-state index in [-0.39, 0.29) is 11.5 Å². The monoisotopic (exact) mass is 314 g/mol. The first kappa shape index (κ1) is 13.2. The third kappa shape index (κ3) is 1.96. The molecule has 0 saturated heterocycles. The Kier molecular flexibility index (Phi) is 3.52. The van der Waals surface area contributed by atoms with Crippen LogP contribution in [0.1, 0.15) is 37.7 Å². The molecule has 18 heavy (non-hydrogen) atoms. The van der Waals surface area contributed by atoms with Gasteiger partial charge in [-0.2, -0.15) is 0 Å². The SMILES string of the molecule is O=C(O)C1(c2c(Br)ccc(O)c2O)CCCCC1. The second-order valence-corrected chi connectivity index (χ2v) is 5.59. The molecule has 1 fully saturated rings. The largest absolute Gasteiger partial charge is 0.504 e. The van der Waals surface area contributed by atoms with E-state index in [2.05, 4.69) is 15.9 Å². The van der Waals surface area contributed by atoms with Gasteiger partial charge in [0.1, 0.15) is 0 Å². The minimum Gasteiger partial charge on any atom is -0.504 e. The van der Waals surface area contributed by atoms with E-state index >= 15 is 0 Å². The van der Waals surface area contributed by atoms with E-state index in [0.29, 0.717) is 22.9 Å². The van der Waals surface area contributed by atoms with Crippen LogP contribution in [0.2, 0.25) is 0 Å². The van der Waals surface area contributed by atoms with Gasteiger partial charge in [-0.1, -0.05) is 35.2 Å². The van der Waals surface area contributed by atoms with Crippen LogP contribution in [0.4, 0.5) is 0 Å². The Bertz CT molecular complexity index is 478. The molecule has 0 amide bonds. The first-order chi connectivity index (χ1) is 8.49. The molecule has 4 nitrogen and oxygen atoms in total. The van der Waals surface area contributed by atoms with Gasteiger partial charge in [0.25, 0.3) is 0 Å². The van der Waals surface area contributed by atoms with Crippen LogP contribution in [0.5, 0.6) is 11.5 Å². The van der Waals surface area contributed by atoms with Crippen LogP contribution in [0, 0.1) is 0 Å². The Hall–Kier alpha value is -1.23. The highest BCUT2D eigenvalue weighted by Crippen LogP contribution is 2.48. The van der Waals surface area contributed by atoms with E-state index in [1.807, 2.05) is 0 Å². The zero-order valence-corrected chi connectivity index (χ0v) is 11.4. The third-order valence-electron chi connectivity index (χ3n) is 3.70. The van der Waals surface area contributed by atoms with Gasteiger partial charge in [0.2, 0.25) is 0 Å². The summed E-state index contributed by atoms with van der Waals surface area (Å²) in [6.07, 6.45) is 3.60. The van der Waals surface area contributed by atoms with E-state index in [4.69, 9.17) is 0 Å². The lowest BCUT2D eigenvalue weighted by atomic mass is 9.69. The number of rotatable bonds is 2. The summed E-state index contributed by atoms with van der Waals surface area (Å²) >= 11 is 3.29. The highest BCUT2D eigenvalue weighted by molar-refractivity contribution is 9.10. The molecular formula is C13H15BrO4. The van der Waals surface area contributed by atoms with Crippen molar-refractivity contribution in [1.29, 1.82) is 0 Å². The van der Waals surface area contributed by atoms with E-state index < -0.39 is 11.4 Å². The lowest BCUT2D eigenvalue weighted by molar-refractivity contribution is -0.145. The van der Waals surface area contributed by atoms with E-state index in [9.17, 15) is 20.1 Å². The highest BCUT2D eigenvalue weighted by Gasteiger charge is 2.44. The van der Waals surface area contributed by atoms with Crippen LogP contribution in [-0.2, 0) is 10.2 Å². The van der Waals surface area contributed by atoms with Crippen LogP contribution in [0.3, 0.4) is 0 Å². The minimum absolute atomic E-state index is 0.278. The van der Waals surface area contributed by atoms with Crippen molar-refractivity contribution in [1.82, 2.24) is 0 Å². The van der Waals surface area contributed by atoms with Crippen molar-refractivity contribution >= 4 is 21.9 Å². The number of halogens is 1. The summed E-state index contributed by atoms with van der Waals surface area (Å²) in [5.74, 6) is -1.54. The van der Waals surface area contributed by atoms with Crippen molar-refractivity contribution < 1.29 is 20.1 Å². The fraction of sp³-hybridized carbons (Fsp3) is 0.462. The maximum atomic E-state index is 11.7. The third-order valence-corrected chi connectivity index (χ3v) is 4.36. The summed E-state index contributed by atoms with van der Waals surface area (Å²) in [7, 11) is 0. The molecule has 0 atom stereocenters. The maximum absolute atomic E-state index is 11.7. The molecule has 0 spiro atoms. The summed E-state index contributed by atoms with van der Waals surface area (Å²) in [4.78, 5) is 11.7. The van der Waals surface area contributed by atoms with Crippen LogP contribution >= 0.6 is 15.9 Å². The molecule has 1 aliphatic rings. The predicted octanol–water partition coefficient (Wildman–Crippen LogP) is 3.15. The van der Waals surface area contributed by atoms with Gasteiger partial charge in [-0.3, -0.25) is 4.79 Å². The van der Waals surface area contributed by atoms with Gasteiger partial charge < -0.3 is 15.3 Å². The zero-order valence-electron chi connectivity index (χ0n) is 9.82. The summed E-state index contributed by atoms with van der Waals surface area (Å²) in [6, 6.07) is 2.92. The fourth-order valence-electron chi connectivity index (χ4n) is 2.74. The second kappa shape index (κ2) is 4.80. The molecule has 2 rings (SSSR count). The number of phenols is 2. The average Bonchev–Trinajstić information content (AvgIpc) is 2.35. The quantitative estimate of drug-likeness (QED) is 0.733. The van der Waals surface area contributed by atoms with Crippen molar-refractivity contribution in [2.75, 3.05) is 0 Å². The fourth-order valence-corrected chi connectivity index (χ4v) is 3.44. The number of hydrogen-bond donors (Lipinski definition) is 3. The van der Waals surface area contributed by atoms with Crippen LogP contribution in [-0.4, -0.2) is 21.3 Å². The molecule has 0 unspecified atom stereocenters. The highest BCUT2D eigenvalue weighted by atomic mass is 79.9. The summed E-state index contributed by atoms with van der Waals surface area (Å²) in [6.45, 7) is 0. The Balaban J connectivity index is 2.63. The van der Waals surface area contributed by atoms with E-state index in [1.54, 1.807) is 6.07 Å². The van der Waals surface area contributed by atoms with Crippen molar-refractivity contribution in [2.24, 2.45) is 0 Å². The number of carboxylic acids is 1. The summed E-state index contributed by atoms with van der Waals surface area (Å²) in [5, 5.41) is 29.2. The number of carbonyl (C=O) groups is 1. The van der Waals surface area contributed by atoms with Gasteiger partial charge in [0.05, 0.1) is 5.41 Å². The van der Waals surface area contributed by atoms with Gasteiger partial charge >= 0.3 is 5.97 Å². The van der Waals surface area contributed by atoms with Crippen molar-refractivity contribution in [3.05, 3.63) is 22.2 Å². The first-order valence-electron chi connectivity index (χ1n) is 5.93. The number of aromatic hydroxyl groups is 2. The van der Waals surface area contributed by atoms with Gasteiger partial charge in [0, 0.05) is 10.0 Å². The Morgan fingerprint density at radius 2 is 1.78 bits per heavy atom. The molecule has 1 saturated carbocycles. The number of benzene rings is 1. The van der Waals surface area contributed by atoms with Crippen molar-refractivity contribution in [3.8, 4) is 11.5 Å². The van der Waals surface area contributed by atoms with Gasteiger partial charge in [-0.05, 0) is 25.0 Å². The second-order valence-electron chi connectivity index (χ2n) is 4.74. The zero-order chi connectivity index (χ0) is 13.3. The van der Waals surface area contributed by atoms with Gasteiger partial charge in [-0.15, -0.1) is 0 Å². The molecule has 0 heterocycles. The molecule has 1 aromatic carbocycles. The van der Waals surface area contributed by atoms with Crippen molar-refractivity contribution in [3.63, 3.8) is 0 Å². The molecule has 98 valence electrons. The lowest BCUT2D eigenvalue weighted by Crippen LogP contribution is -2.38. The first-order valence-corrected chi connectivity index (χ1v) is 6.72. The van der Waals surface area contributed by atoms with E-state index in [1.165, 1.54) is 6.07 Å². The van der Waals surface area contributed by atoms with Crippen molar-refractivity contribution in [2.45, 2.75) is 37.5 Å². The van der Waals surface area contributed by atoms with Crippen LogP contribution < -0.4 is 0 Å². The normalized spacial score (nSPS) is 18.5. The van der Waals surface area contributed by atoms with Crippen LogP contribution in [0.15, 0.2) is 16.6 Å². The van der Waals surface area contributed by atoms with Crippen LogP contribution in [0.25, 0.3) is 0 Å². The topological polar surface area (TPSA) is 77.8 Å². The number of phenolic OH excluding ortho intramolecular Hbond substituents is 2. The number of carboxylic acid groups (broad SMARTS) is 1. The molecule has 0 aliphatic heterocycles. The summed E-state index contributed by atoms with van der Waals surface area (Å²) in [5.41, 5.74) is -0.797. The molecule has 3 N–H and O–H groups in total. The molecule has 5 heteroatoms. The molecule has 0 aromatic heterocycles. The Morgan fingerprint density at radius 1 is 1.17 bits per heavy atom. The maximum Gasteiger partial charge on any atom is 0.314 e. The Morgan fingerprint density at radius 3 is 2.33 bits per heavy atom. The molecule has 0 radical (unpaired) electrons. The predicted molar refractivity (Wildman–Crippen MR) is 69.9 cm³/mol. The van der Waals surface area contributed by atoms with Gasteiger partial charge in [0.15, 0.2) is 11.5 Å². The van der Waals surface area contributed by atoms with Gasteiger partial charge in [-0.25, -0.2) is 0 Å². The smallest absolute Gasteiger partial charge is 0.314 e. The number of hydrogen-bond acceptors (Lipinski definition) is 3. The van der Waals surface area contributed by atoms with E-state index in [0.717, 1.165) is 19.3 Å². The molecular weight excluding hydrogens is 300 g/mol. The summed E-state index contributed by atoms with van der Waals surface area (Å²) < 4.78 is 0.530. The minimum atomic E-state index is -1.10. The average molecular weight is 315 g/mol. The number of aliphatic carboxylic acids is 1.